The van der Waals surface area contributed by atoms with Crippen molar-refractivity contribution in [1.82, 2.24) is 0 Å². The largest absolute Gasteiger partial charge is 0.0622 e. The molecule has 2 aromatic carbocycles. The number of benzene rings is 2. The van der Waals surface area contributed by atoms with Crippen LogP contribution in [-0.4, -0.2) is 0 Å². The minimum absolute atomic E-state index is 1.24. The Morgan fingerprint density at radius 1 is 0.688 bits per heavy atom. The van der Waals surface area contributed by atoms with Crippen LogP contribution in [0.1, 0.15) is 22.3 Å². The molecule has 80 valence electrons. The lowest BCUT2D eigenvalue weighted by Gasteiger charge is -2.04. The fourth-order valence-corrected chi connectivity index (χ4v) is 1.83. The third-order valence-electron chi connectivity index (χ3n) is 2.78. The van der Waals surface area contributed by atoms with Crippen LogP contribution in [0.3, 0.4) is 0 Å². The Balaban J connectivity index is 2.31. The maximum Gasteiger partial charge on any atom is -0.0198 e. The molecule has 0 fully saturated rings. The van der Waals surface area contributed by atoms with Crippen LogP contribution in [0.15, 0.2) is 48.5 Å². The highest BCUT2D eigenvalue weighted by Crippen LogP contribution is 2.16. The Morgan fingerprint density at radius 2 is 1.31 bits per heavy atom. The van der Waals surface area contributed by atoms with Crippen molar-refractivity contribution in [3.8, 4) is 0 Å². The summed E-state index contributed by atoms with van der Waals surface area (Å²) in [5.74, 6) is 0. The van der Waals surface area contributed by atoms with Gasteiger partial charge in [0.15, 0.2) is 0 Å². The van der Waals surface area contributed by atoms with E-state index in [4.69, 9.17) is 0 Å². The molecular formula is C16H16. The molecule has 0 amide bonds. The molecule has 0 aliphatic heterocycles. The van der Waals surface area contributed by atoms with E-state index in [2.05, 4.69) is 68.5 Å². The van der Waals surface area contributed by atoms with Gasteiger partial charge < -0.3 is 0 Å². The van der Waals surface area contributed by atoms with E-state index in [1.807, 2.05) is 6.07 Å². The van der Waals surface area contributed by atoms with Gasteiger partial charge in [-0.2, -0.15) is 0 Å². The fourth-order valence-electron chi connectivity index (χ4n) is 1.83. The third-order valence-corrected chi connectivity index (χ3v) is 2.78. The molecular weight excluding hydrogens is 192 g/mol. The third kappa shape index (κ3) is 2.40. The first-order valence-electron chi connectivity index (χ1n) is 5.57. The molecule has 0 atom stereocenters. The van der Waals surface area contributed by atoms with Crippen molar-refractivity contribution in [3.05, 3.63) is 70.8 Å². The molecule has 0 saturated carbocycles. The number of hydrogen-bond donors (Lipinski definition) is 0. The average molecular weight is 208 g/mol. The zero-order chi connectivity index (χ0) is 11.4. The normalized spacial score (nSPS) is 10.9. The van der Waals surface area contributed by atoms with E-state index < -0.39 is 0 Å². The van der Waals surface area contributed by atoms with Crippen molar-refractivity contribution < 1.29 is 0 Å². The van der Waals surface area contributed by atoms with E-state index in [1.165, 1.54) is 22.3 Å². The minimum Gasteiger partial charge on any atom is -0.0622 e. The molecule has 16 heavy (non-hydrogen) atoms. The molecule has 0 unspecified atom stereocenters. The summed E-state index contributed by atoms with van der Waals surface area (Å²) in [4.78, 5) is 0. The van der Waals surface area contributed by atoms with Gasteiger partial charge in [0.25, 0.3) is 0 Å². The lowest BCUT2D eigenvalue weighted by atomic mass is 10.0. The first-order chi connectivity index (χ1) is 7.77. The second-order valence-corrected chi connectivity index (χ2v) is 4.05. The topological polar surface area (TPSA) is 0 Å². The smallest absolute Gasteiger partial charge is 0.0198 e. The molecule has 2 aromatic rings. The lowest BCUT2D eigenvalue weighted by molar-refractivity contribution is 1.36. The van der Waals surface area contributed by atoms with Gasteiger partial charge in [0.1, 0.15) is 0 Å². The van der Waals surface area contributed by atoms with Crippen LogP contribution in [0.5, 0.6) is 0 Å². The van der Waals surface area contributed by atoms with Crippen LogP contribution in [0.2, 0.25) is 0 Å². The quantitative estimate of drug-likeness (QED) is 0.638. The van der Waals surface area contributed by atoms with Crippen LogP contribution in [0, 0.1) is 13.8 Å². The fraction of sp³-hybridized carbons (Fsp3) is 0.125. The summed E-state index contributed by atoms with van der Waals surface area (Å²) in [5.41, 5.74) is 5.22. The molecule has 0 heterocycles. The van der Waals surface area contributed by atoms with Crippen molar-refractivity contribution in [2.24, 2.45) is 0 Å². The molecule has 0 saturated heterocycles. The average Bonchev–Trinajstić information content (AvgIpc) is 2.30. The Morgan fingerprint density at radius 3 is 1.94 bits per heavy atom. The molecule has 0 heteroatoms. The van der Waals surface area contributed by atoms with E-state index in [9.17, 15) is 0 Å². The van der Waals surface area contributed by atoms with E-state index in [-0.39, 0.29) is 0 Å². The summed E-state index contributed by atoms with van der Waals surface area (Å²) in [6, 6.07) is 16.8. The Hall–Kier alpha value is -1.82. The molecule has 0 aliphatic carbocycles. The van der Waals surface area contributed by atoms with Gasteiger partial charge in [-0.25, -0.2) is 0 Å². The van der Waals surface area contributed by atoms with Crippen molar-refractivity contribution in [1.29, 1.82) is 0 Å². The van der Waals surface area contributed by atoms with Gasteiger partial charge in [-0.3, -0.25) is 0 Å². The van der Waals surface area contributed by atoms with Crippen molar-refractivity contribution in [2.75, 3.05) is 0 Å². The molecule has 0 bridgehead atoms. The van der Waals surface area contributed by atoms with Gasteiger partial charge >= 0.3 is 0 Å². The summed E-state index contributed by atoms with van der Waals surface area (Å²) in [7, 11) is 0. The van der Waals surface area contributed by atoms with Crippen molar-refractivity contribution >= 4 is 12.2 Å². The van der Waals surface area contributed by atoms with E-state index >= 15 is 0 Å². The molecule has 0 radical (unpaired) electrons. The van der Waals surface area contributed by atoms with Crippen molar-refractivity contribution in [2.45, 2.75) is 13.8 Å². The van der Waals surface area contributed by atoms with E-state index in [0.717, 1.165) is 0 Å². The van der Waals surface area contributed by atoms with Gasteiger partial charge in [-0.15, -0.1) is 0 Å². The maximum atomic E-state index is 2.19. The first-order valence-corrected chi connectivity index (χ1v) is 5.57. The second-order valence-electron chi connectivity index (χ2n) is 4.05. The zero-order valence-corrected chi connectivity index (χ0v) is 9.77. The molecule has 0 nitrogen and oxygen atoms in total. The number of aryl methyl sites for hydroxylation is 2. The summed E-state index contributed by atoms with van der Waals surface area (Å²) >= 11 is 0. The van der Waals surface area contributed by atoms with Crippen LogP contribution < -0.4 is 0 Å². The maximum absolute atomic E-state index is 2.19. The highest BCUT2D eigenvalue weighted by molar-refractivity contribution is 5.72. The van der Waals surface area contributed by atoms with Gasteiger partial charge in [-0.1, -0.05) is 60.7 Å². The molecule has 0 aromatic heterocycles. The van der Waals surface area contributed by atoms with Gasteiger partial charge in [-0.05, 0) is 36.1 Å². The summed E-state index contributed by atoms with van der Waals surface area (Å²) < 4.78 is 0. The highest BCUT2D eigenvalue weighted by atomic mass is 14.0. The minimum atomic E-state index is 1.24. The molecule has 2 rings (SSSR count). The summed E-state index contributed by atoms with van der Waals surface area (Å²) in [5, 5.41) is 0. The van der Waals surface area contributed by atoms with Crippen LogP contribution in [0.4, 0.5) is 0 Å². The van der Waals surface area contributed by atoms with Crippen LogP contribution in [-0.2, 0) is 0 Å². The summed E-state index contributed by atoms with van der Waals surface area (Å²) in [6.45, 7) is 4.30. The Labute approximate surface area is 97.3 Å². The molecule has 0 N–H and O–H groups in total. The van der Waals surface area contributed by atoms with Gasteiger partial charge in [0.2, 0.25) is 0 Å². The van der Waals surface area contributed by atoms with Crippen LogP contribution >= 0.6 is 0 Å². The van der Waals surface area contributed by atoms with Crippen molar-refractivity contribution in [3.63, 3.8) is 0 Å². The van der Waals surface area contributed by atoms with Gasteiger partial charge in [0, 0.05) is 0 Å². The predicted octanol–water partition coefficient (Wildman–Crippen LogP) is 4.47. The predicted molar refractivity (Wildman–Crippen MR) is 71.3 cm³/mol. The molecule has 0 spiro atoms. The van der Waals surface area contributed by atoms with Crippen LogP contribution in [0.25, 0.3) is 12.2 Å². The second kappa shape index (κ2) is 4.80. The zero-order valence-electron chi connectivity index (χ0n) is 9.77. The SMILES string of the molecule is Cc1cccc(C)c1/C=C/c1ccccc1. The number of hydrogen-bond acceptors (Lipinski definition) is 0. The van der Waals surface area contributed by atoms with Gasteiger partial charge in [0.05, 0.1) is 0 Å². The lowest BCUT2D eigenvalue weighted by Crippen LogP contribution is -1.84. The van der Waals surface area contributed by atoms with E-state index in [0.29, 0.717) is 0 Å². The standard InChI is InChI=1S/C16H16/c1-13-7-6-8-14(2)16(13)12-11-15-9-4-3-5-10-15/h3-12H,1-2H3/b12-11+. The molecule has 0 aliphatic rings. The Bertz CT molecular complexity index is 472. The monoisotopic (exact) mass is 208 g/mol. The first kappa shape index (κ1) is 10.7. The van der Waals surface area contributed by atoms with E-state index in [1.54, 1.807) is 0 Å². The summed E-state index contributed by atoms with van der Waals surface area (Å²) in [6.07, 6.45) is 4.36. The Kier molecular flexibility index (Phi) is 3.21. The number of rotatable bonds is 2. The highest BCUT2D eigenvalue weighted by Gasteiger charge is 1.96.